The highest BCUT2D eigenvalue weighted by Gasteiger charge is 2.41. The number of ether oxygens (including phenoxy) is 5. The summed E-state index contributed by atoms with van der Waals surface area (Å²) in [6.45, 7) is 4.19. The lowest BCUT2D eigenvalue weighted by Crippen LogP contribution is -2.41. The normalized spacial score (nSPS) is 13.0. The van der Waals surface area contributed by atoms with Gasteiger partial charge in [0.15, 0.2) is 23.2 Å². The van der Waals surface area contributed by atoms with Gasteiger partial charge in [-0.3, -0.25) is 0 Å². The van der Waals surface area contributed by atoms with Crippen molar-refractivity contribution in [2.75, 3.05) is 34.5 Å². The van der Waals surface area contributed by atoms with Gasteiger partial charge in [-0.05, 0) is 31.5 Å². The molecule has 0 aliphatic carbocycles. The average molecular weight is 351 g/mol. The number of nitriles is 1. The molecule has 1 atom stereocenters. The van der Waals surface area contributed by atoms with E-state index in [1.54, 1.807) is 26.0 Å². The third kappa shape index (κ3) is 4.62. The van der Waals surface area contributed by atoms with Crippen LogP contribution in [-0.4, -0.2) is 47.1 Å². The summed E-state index contributed by atoms with van der Waals surface area (Å²) in [6, 6.07) is 5.46. The minimum Gasteiger partial charge on any atom is -0.493 e. The van der Waals surface area contributed by atoms with Crippen LogP contribution in [0, 0.1) is 16.7 Å². The van der Waals surface area contributed by atoms with Gasteiger partial charge in [-0.2, -0.15) is 5.26 Å². The Morgan fingerprint density at radius 3 is 1.92 bits per heavy atom. The zero-order chi connectivity index (χ0) is 18.9. The number of methoxy groups -OCH3 is 3. The van der Waals surface area contributed by atoms with Gasteiger partial charge in [0, 0.05) is 19.6 Å². The molecule has 1 aromatic rings. The second-order valence-electron chi connectivity index (χ2n) is 5.22. The van der Waals surface area contributed by atoms with Crippen molar-refractivity contribution in [3.8, 4) is 23.3 Å². The topological polar surface area (TPSA) is 87.0 Å². The van der Waals surface area contributed by atoms with Gasteiger partial charge in [-0.1, -0.05) is 0 Å². The molecule has 0 aliphatic heterocycles. The van der Waals surface area contributed by atoms with Crippen LogP contribution in [0.1, 0.15) is 19.4 Å². The van der Waals surface area contributed by atoms with E-state index in [4.69, 9.17) is 23.7 Å². The molecule has 0 fully saturated rings. The van der Waals surface area contributed by atoms with Crippen LogP contribution in [0.2, 0.25) is 0 Å². The van der Waals surface area contributed by atoms with Crippen molar-refractivity contribution in [3.05, 3.63) is 17.7 Å². The molecule has 0 spiro atoms. The quantitative estimate of drug-likeness (QED) is 0.447. The Kier molecular flexibility index (Phi) is 8.19. The number of rotatable bonds is 11. The van der Waals surface area contributed by atoms with Crippen molar-refractivity contribution in [1.82, 2.24) is 0 Å². The molecule has 0 N–H and O–H groups in total. The van der Waals surface area contributed by atoms with E-state index in [9.17, 15) is 10.1 Å². The zero-order valence-corrected chi connectivity index (χ0v) is 15.3. The van der Waals surface area contributed by atoms with E-state index in [0.29, 0.717) is 42.3 Å². The number of carbonyl (C=O) groups excluding carboxylic acids is 1. The molecule has 1 unspecified atom stereocenters. The molecular weight excluding hydrogens is 326 g/mol. The maximum Gasteiger partial charge on any atom is 0.203 e. The Bertz CT molecular complexity index is 581. The first-order valence-corrected chi connectivity index (χ1v) is 7.95. The van der Waals surface area contributed by atoms with E-state index in [-0.39, 0.29) is 6.42 Å². The number of carbonyl (C=O) groups is 1. The van der Waals surface area contributed by atoms with Crippen LogP contribution in [0.25, 0.3) is 0 Å². The molecule has 138 valence electrons. The van der Waals surface area contributed by atoms with Gasteiger partial charge < -0.3 is 28.5 Å². The van der Waals surface area contributed by atoms with Crippen molar-refractivity contribution in [3.63, 3.8) is 0 Å². The Labute approximate surface area is 148 Å². The van der Waals surface area contributed by atoms with Gasteiger partial charge in [0.05, 0.1) is 27.4 Å². The summed E-state index contributed by atoms with van der Waals surface area (Å²) in [5, 5.41) is 9.69. The molecule has 0 bridgehead atoms. The standard InChI is InChI=1S/C18H25NO6/c1-6-24-17(25-7-2)18(11-19,12-20)10-13-8-14(21-3)16(23-5)15(9-13)22-4/h8-9,12,17H,6-7,10H2,1-5H3. The van der Waals surface area contributed by atoms with Crippen LogP contribution in [0.4, 0.5) is 0 Å². The Hall–Kier alpha value is -2.30. The molecule has 0 saturated heterocycles. The van der Waals surface area contributed by atoms with Crippen LogP contribution in [-0.2, 0) is 20.7 Å². The zero-order valence-electron chi connectivity index (χ0n) is 15.3. The van der Waals surface area contributed by atoms with Crippen molar-refractivity contribution >= 4 is 6.29 Å². The van der Waals surface area contributed by atoms with Crippen LogP contribution in [0.3, 0.4) is 0 Å². The summed E-state index contributed by atoms with van der Waals surface area (Å²) in [5.74, 6) is 1.33. The number of benzene rings is 1. The maximum atomic E-state index is 11.8. The van der Waals surface area contributed by atoms with Crippen LogP contribution >= 0.6 is 0 Å². The fourth-order valence-corrected chi connectivity index (χ4v) is 2.52. The second-order valence-corrected chi connectivity index (χ2v) is 5.22. The van der Waals surface area contributed by atoms with E-state index >= 15 is 0 Å². The minimum atomic E-state index is -1.49. The molecule has 0 saturated carbocycles. The molecule has 0 aromatic heterocycles. The van der Waals surface area contributed by atoms with Crippen LogP contribution < -0.4 is 14.2 Å². The summed E-state index contributed by atoms with van der Waals surface area (Å²) in [4.78, 5) is 11.8. The summed E-state index contributed by atoms with van der Waals surface area (Å²) < 4.78 is 26.9. The number of nitrogens with zero attached hydrogens (tertiary/aromatic N) is 1. The van der Waals surface area contributed by atoms with Gasteiger partial charge >= 0.3 is 0 Å². The predicted molar refractivity (Wildman–Crippen MR) is 91.0 cm³/mol. The van der Waals surface area contributed by atoms with Gasteiger partial charge in [0.1, 0.15) is 6.29 Å². The van der Waals surface area contributed by atoms with E-state index in [1.807, 2.05) is 0 Å². The molecule has 0 aliphatic rings. The Balaban J connectivity index is 3.34. The highest BCUT2D eigenvalue weighted by Crippen LogP contribution is 2.40. The molecule has 0 radical (unpaired) electrons. The molecule has 25 heavy (non-hydrogen) atoms. The van der Waals surface area contributed by atoms with Crippen molar-refractivity contribution in [2.45, 2.75) is 26.6 Å². The van der Waals surface area contributed by atoms with Gasteiger partial charge in [0.25, 0.3) is 0 Å². The lowest BCUT2D eigenvalue weighted by atomic mass is 9.83. The summed E-state index contributed by atoms with van der Waals surface area (Å²) in [5.41, 5.74) is -0.830. The molecular formula is C18H25NO6. The largest absolute Gasteiger partial charge is 0.493 e. The van der Waals surface area contributed by atoms with Crippen molar-refractivity contribution in [1.29, 1.82) is 5.26 Å². The lowest BCUT2D eigenvalue weighted by Gasteiger charge is -2.30. The van der Waals surface area contributed by atoms with Gasteiger partial charge in [0.2, 0.25) is 5.75 Å². The Morgan fingerprint density at radius 1 is 1.08 bits per heavy atom. The Morgan fingerprint density at radius 2 is 1.60 bits per heavy atom. The van der Waals surface area contributed by atoms with Gasteiger partial charge in [-0.15, -0.1) is 0 Å². The molecule has 7 nitrogen and oxygen atoms in total. The fraction of sp³-hybridized carbons (Fsp3) is 0.556. The fourth-order valence-electron chi connectivity index (χ4n) is 2.52. The maximum absolute atomic E-state index is 11.8. The van der Waals surface area contributed by atoms with E-state index in [2.05, 4.69) is 6.07 Å². The number of hydrogen-bond acceptors (Lipinski definition) is 7. The molecule has 0 heterocycles. The molecule has 7 heteroatoms. The smallest absolute Gasteiger partial charge is 0.203 e. The summed E-state index contributed by atoms with van der Waals surface area (Å²) in [7, 11) is 4.51. The third-order valence-corrected chi connectivity index (χ3v) is 3.70. The van der Waals surface area contributed by atoms with Crippen LogP contribution in [0.15, 0.2) is 12.1 Å². The lowest BCUT2D eigenvalue weighted by molar-refractivity contribution is -0.185. The van der Waals surface area contributed by atoms with Crippen molar-refractivity contribution in [2.24, 2.45) is 5.41 Å². The summed E-state index contributed by atoms with van der Waals surface area (Å²) in [6.07, 6.45) is -0.315. The monoisotopic (exact) mass is 351 g/mol. The van der Waals surface area contributed by atoms with Gasteiger partial charge in [-0.25, -0.2) is 0 Å². The predicted octanol–water partition coefficient (Wildman–Crippen LogP) is 2.36. The number of hydrogen-bond donors (Lipinski definition) is 0. The highest BCUT2D eigenvalue weighted by molar-refractivity contribution is 5.66. The molecule has 0 amide bonds. The third-order valence-electron chi connectivity index (χ3n) is 3.70. The molecule has 1 aromatic carbocycles. The average Bonchev–Trinajstić information content (AvgIpc) is 2.65. The first-order valence-electron chi connectivity index (χ1n) is 7.95. The highest BCUT2D eigenvalue weighted by atomic mass is 16.7. The second kappa shape index (κ2) is 9.87. The van der Waals surface area contributed by atoms with E-state index in [0.717, 1.165) is 0 Å². The SMILES string of the molecule is CCOC(OCC)C(C#N)(C=O)Cc1cc(OC)c(OC)c(OC)c1. The minimum absolute atomic E-state index is 0.0778. The first-order chi connectivity index (χ1) is 12.0. The van der Waals surface area contributed by atoms with E-state index in [1.165, 1.54) is 21.3 Å². The summed E-state index contributed by atoms with van der Waals surface area (Å²) >= 11 is 0. The van der Waals surface area contributed by atoms with Crippen molar-refractivity contribution < 1.29 is 28.5 Å². The molecule has 1 rings (SSSR count). The van der Waals surface area contributed by atoms with E-state index < -0.39 is 11.7 Å². The van der Waals surface area contributed by atoms with Crippen LogP contribution in [0.5, 0.6) is 17.2 Å². The number of aldehydes is 1. The first kappa shape index (κ1) is 20.7.